The summed E-state index contributed by atoms with van der Waals surface area (Å²) in [7, 11) is 1.74. The Kier molecular flexibility index (Phi) is 4.51. The zero-order valence-electron chi connectivity index (χ0n) is 19.8. The fraction of sp³-hybridized carbons (Fsp3) is 0.241. The van der Waals surface area contributed by atoms with Crippen molar-refractivity contribution in [2.24, 2.45) is 0 Å². The molecule has 0 saturated heterocycles. The van der Waals surface area contributed by atoms with Crippen LogP contribution < -0.4 is 15.7 Å². The summed E-state index contributed by atoms with van der Waals surface area (Å²) in [6.45, 7) is 7.31. The van der Waals surface area contributed by atoms with E-state index in [0.717, 1.165) is 39.0 Å². The molecule has 4 nitrogen and oxygen atoms in total. The van der Waals surface area contributed by atoms with Gasteiger partial charge in [-0.05, 0) is 57.3 Å². The van der Waals surface area contributed by atoms with Crippen LogP contribution in [0.15, 0.2) is 66.7 Å². The van der Waals surface area contributed by atoms with E-state index in [0.29, 0.717) is 0 Å². The van der Waals surface area contributed by atoms with Crippen LogP contribution in [-0.2, 0) is 4.65 Å². The van der Waals surface area contributed by atoms with Gasteiger partial charge in [0.2, 0.25) is 0 Å². The van der Waals surface area contributed by atoms with Gasteiger partial charge < -0.3 is 20.0 Å². The predicted octanol–water partition coefficient (Wildman–Crippen LogP) is 5.49. The fourth-order valence-electron chi connectivity index (χ4n) is 4.67. The number of benzene rings is 3. The van der Waals surface area contributed by atoms with Gasteiger partial charge >= 0.3 is 7.48 Å². The lowest BCUT2D eigenvalue weighted by Gasteiger charge is -2.38. The van der Waals surface area contributed by atoms with Gasteiger partial charge in [0.1, 0.15) is 6.17 Å². The first kappa shape index (κ1) is 21.1. The molecule has 2 aliphatic heterocycles. The number of rotatable bonds is 4. The molecule has 1 radical (unpaired) electrons. The molecule has 4 aromatic carbocycles. The minimum absolute atomic E-state index is 0.0420. The van der Waals surface area contributed by atoms with Crippen molar-refractivity contribution in [3.63, 3.8) is 0 Å². The number of hydrogen-bond acceptors (Lipinski definition) is 4. The molecule has 0 bridgehead atoms. The average Bonchev–Trinajstić information content (AvgIpc) is 3.21. The van der Waals surface area contributed by atoms with E-state index in [9.17, 15) is 5.11 Å². The summed E-state index contributed by atoms with van der Waals surface area (Å²) in [6.07, 6.45) is -0.0420. The van der Waals surface area contributed by atoms with Gasteiger partial charge in [0.05, 0.1) is 28.3 Å². The van der Waals surface area contributed by atoms with Gasteiger partial charge in [-0.1, -0.05) is 60.1 Å². The molecule has 4 aromatic rings. The fourth-order valence-corrected chi connectivity index (χ4v) is 4.67. The summed E-state index contributed by atoms with van der Waals surface area (Å²) in [5.74, 6) is 0. The molecule has 167 valence electrons. The molecule has 2 N–H and O–H groups in total. The first-order valence-electron chi connectivity index (χ1n) is 11.6. The second-order valence-electron chi connectivity index (χ2n) is 10.1. The van der Waals surface area contributed by atoms with Crippen molar-refractivity contribution < 1.29 is 9.76 Å². The van der Waals surface area contributed by atoms with Crippen molar-refractivity contribution in [1.82, 2.24) is 0 Å². The standard InChI is InChI=1S/C29H26BN2O2/c1-28(2,33)29(3,4)34-30-19-14-16-21-22-15-13-18-9-5-6-10-20(18)26(22)27-31-23-11-7-8-12-24(23)32(27)25(21)17-19/h5-12,14,16-17,27,31,33H,1-4H3. The van der Waals surface area contributed by atoms with Crippen molar-refractivity contribution in [2.75, 3.05) is 10.2 Å². The molecule has 2 aliphatic rings. The van der Waals surface area contributed by atoms with E-state index in [1.807, 2.05) is 19.9 Å². The van der Waals surface area contributed by atoms with Gasteiger partial charge in [0.15, 0.2) is 0 Å². The smallest absolute Gasteiger partial charge is 0.330 e. The SMILES string of the molecule is CC(C)(O)C(C)(C)O[B]c1ccc2c(c1)N1c3ccccc3NC1c1c-2c#cc2ccccc12. The Hall–Kier alpha value is -3.46. The first-order valence-corrected chi connectivity index (χ1v) is 11.6. The Morgan fingerprint density at radius 2 is 1.71 bits per heavy atom. The highest BCUT2D eigenvalue weighted by Gasteiger charge is 2.39. The van der Waals surface area contributed by atoms with Crippen molar-refractivity contribution in [3.8, 4) is 11.1 Å². The topological polar surface area (TPSA) is 44.7 Å². The highest BCUT2D eigenvalue weighted by molar-refractivity contribution is 6.47. The lowest BCUT2D eigenvalue weighted by molar-refractivity contribution is -0.0893. The van der Waals surface area contributed by atoms with Crippen molar-refractivity contribution in [3.05, 3.63) is 84.4 Å². The molecule has 1 unspecified atom stereocenters. The third kappa shape index (κ3) is 3.10. The molecule has 0 fully saturated rings. The van der Waals surface area contributed by atoms with E-state index < -0.39 is 11.2 Å². The monoisotopic (exact) mass is 445 g/mol. The molecule has 0 amide bonds. The third-order valence-electron chi connectivity index (χ3n) is 7.31. The molecule has 0 saturated carbocycles. The van der Waals surface area contributed by atoms with E-state index >= 15 is 0 Å². The molecule has 0 spiro atoms. The minimum Gasteiger partial charge on any atom is -0.427 e. The number of nitrogens with one attached hydrogen (secondary N) is 1. The Bertz CT molecular complexity index is 1420. The van der Waals surface area contributed by atoms with Gasteiger partial charge in [-0.2, -0.15) is 0 Å². The number of para-hydroxylation sites is 2. The van der Waals surface area contributed by atoms with Gasteiger partial charge in [-0.25, -0.2) is 0 Å². The maximum atomic E-state index is 10.5. The number of aliphatic hydroxyl groups is 1. The number of hydrogen-bond donors (Lipinski definition) is 2. The quantitative estimate of drug-likeness (QED) is 0.408. The van der Waals surface area contributed by atoms with Gasteiger partial charge in [-0.15, -0.1) is 0 Å². The van der Waals surface area contributed by atoms with Gasteiger partial charge in [-0.3, -0.25) is 0 Å². The molecular formula is C29H26BN2O2. The summed E-state index contributed by atoms with van der Waals surface area (Å²) in [4.78, 5) is 2.37. The summed E-state index contributed by atoms with van der Waals surface area (Å²) < 4.78 is 6.06. The lowest BCUT2D eigenvalue weighted by atomic mass is 9.80. The molecule has 0 aromatic heterocycles. The number of nitrogens with zero attached hydrogens (tertiary/aromatic N) is 1. The van der Waals surface area contributed by atoms with Crippen LogP contribution in [0.25, 0.3) is 21.9 Å². The summed E-state index contributed by atoms with van der Waals surface area (Å²) in [5, 5.41) is 16.5. The van der Waals surface area contributed by atoms with E-state index in [4.69, 9.17) is 4.65 Å². The van der Waals surface area contributed by atoms with Crippen LogP contribution in [-0.4, -0.2) is 23.8 Å². The van der Waals surface area contributed by atoms with Crippen LogP contribution >= 0.6 is 0 Å². The summed E-state index contributed by atoms with van der Waals surface area (Å²) >= 11 is 0. The van der Waals surface area contributed by atoms with E-state index in [1.54, 1.807) is 21.3 Å². The van der Waals surface area contributed by atoms with Crippen LogP contribution in [0.1, 0.15) is 39.4 Å². The molecule has 1 atom stereocenters. The first-order chi connectivity index (χ1) is 16.2. The number of anilines is 3. The van der Waals surface area contributed by atoms with Gasteiger partial charge in [0, 0.05) is 22.1 Å². The van der Waals surface area contributed by atoms with Crippen LogP contribution in [0.3, 0.4) is 0 Å². The largest absolute Gasteiger partial charge is 0.427 e. The highest BCUT2D eigenvalue weighted by Crippen LogP contribution is 2.54. The average molecular weight is 445 g/mol. The zero-order chi connectivity index (χ0) is 23.7. The van der Waals surface area contributed by atoms with Crippen LogP contribution in [0.2, 0.25) is 0 Å². The molecule has 34 heavy (non-hydrogen) atoms. The summed E-state index contributed by atoms with van der Waals surface area (Å²) in [6, 6.07) is 30.0. The van der Waals surface area contributed by atoms with E-state index in [1.165, 1.54) is 10.9 Å². The van der Waals surface area contributed by atoms with E-state index in [-0.39, 0.29) is 6.17 Å². The lowest BCUT2D eigenvalue weighted by Crippen LogP contribution is -2.49. The highest BCUT2D eigenvalue weighted by atomic mass is 16.5. The molecular weight excluding hydrogens is 419 g/mol. The Balaban J connectivity index is 1.50. The third-order valence-corrected chi connectivity index (χ3v) is 7.31. The molecule has 6 rings (SSSR count). The summed E-state index contributed by atoms with van der Waals surface area (Å²) in [5.41, 5.74) is 5.97. The maximum Gasteiger partial charge on any atom is 0.330 e. The zero-order valence-corrected chi connectivity index (χ0v) is 19.8. The molecule has 2 heterocycles. The molecule has 0 aliphatic carbocycles. The number of fused-ring (bicyclic) bond motifs is 10. The van der Waals surface area contributed by atoms with Gasteiger partial charge in [0.25, 0.3) is 0 Å². The Morgan fingerprint density at radius 3 is 2.53 bits per heavy atom. The molecule has 5 heteroatoms. The van der Waals surface area contributed by atoms with Crippen LogP contribution in [0, 0.1) is 12.1 Å². The van der Waals surface area contributed by atoms with Crippen LogP contribution in [0.5, 0.6) is 0 Å². The van der Waals surface area contributed by atoms with Crippen molar-refractivity contribution in [2.45, 2.75) is 45.1 Å². The Labute approximate surface area is 201 Å². The van der Waals surface area contributed by atoms with Crippen molar-refractivity contribution >= 4 is 40.8 Å². The van der Waals surface area contributed by atoms with Crippen LogP contribution in [0.4, 0.5) is 17.1 Å². The normalized spacial score (nSPS) is 16.1. The second-order valence-corrected chi connectivity index (χ2v) is 10.1. The Morgan fingerprint density at radius 1 is 0.941 bits per heavy atom. The minimum atomic E-state index is -0.981. The maximum absolute atomic E-state index is 10.5. The predicted molar refractivity (Wildman–Crippen MR) is 139 cm³/mol. The van der Waals surface area contributed by atoms with Crippen molar-refractivity contribution in [1.29, 1.82) is 0 Å². The second kappa shape index (κ2) is 7.27. The van der Waals surface area contributed by atoms with E-state index in [2.05, 4.69) is 83.0 Å².